The molecule has 6 heteroatoms. The smallest absolute Gasteiger partial charge is 0.281 e. The van der Waals surface area contributed by atoms with E-state index in [-0.39, 0.29) is 5.91 Å². The Morgan fingerprint density at radius 1 is 1.19 bits per heavy atom. The molecule has 1 aliphatic heterocycles. The van der Waals surface area contributed by atoms with Crippen LogP contribution in [-0.2, 0) is 4.79 Å². The van der Waals surface area contributed by atoms with Crippen LogP contribution in [0.1, 0.15) is 18.1 Å². The van der Waals surface area contributed by atoms with Gasteiger partial charge in [-0.2, -0.15) is 0 Å². The minimum Gasteiger partial charge on any atom is -0.493 e. The van der Waals surface area contributed by atoms with Crippen molar-refractivity contribution in [2.75, 3.05) is 18.6 Å². The van der Waals surface area contributed by atoms with Crippen LogP contribution in [0.5, 0.6) is 11.5 Å². The highest BCUT2D eigenvalue weighted by atomic mass is 32.1. The summed E-state index contributed by atoms with van der Waals surface area (Å²) in [5.41, 5.74) is 3.00. The number of hydrogen-bond acceptors (Lipinski definition) is 4. The molecule has 0 atom stereocenters. The van der Waals surface area contributed by atoms with E-state index in [2.05, 4.69) is 5.32 Å². The highest BCUT2D eigenvalue weighted by molar-refractivity contribution is 7.80. The zero-order valence-electron chi connectivity index (χ0n) is 14.9. The lowest BCUT2D eigenvalue weighted by molar-refractivity contribution is -0.113. The molecule has 134 valence electrons. The van der Waals surface area contributed by atoms with Crippen molar-refractivity contribution in [2.24, 2.45) is 0 Å². The maximum atomic E-state index is 12.8. The fourth-order valence-corrected chi connectivity index (χ4v) is 3.07. The number of anilines is 1. The maximum Gasteiger partial charge on any atom is 0.281 e. The van der Waals surface area contributed by atoms with Gasteiger partial charge in [0, 0.05) is 0 Å². The zero-order valence-corrected chi connectivity index (χ0v) is 15.7. The number of thiocarbonyl (C=S) groups is 1. The number of para-hydroxylation sites is 1. The van der Waals surface area contributed by atoms with Gasteiger partial charge >= 0.3 is 0 Å². The van der Waals surface area contributed by atoms with Gasteiger partial charge in [-0.3, -0.25) is 9.69 Å². The third-order valence-electron chi connectivity index (χ3n) is 4.03. The molecule has 0 saturated carbocycles. The van der Waals surface area contributed by atoms with E-state index in [0.717, 1.165) is 16.8 Å². The van der Waals surface area contributed by atoms with Gasteiger partial charge in [0.2, 0.25) is 0 Å². The van der Waals surface area contributed by atoms with E-state index in [0.29, 0.717) is 28.9 Å². The summed E-state index contributed by atoms with van der Waals surface area (Å²) in [5, 5.41) is 3.37. The predicted octanol–water partition coefficient (Wildman–Crippen LogP) is 3.66. The van der Waals surface area contributed by atoms with Crippen LogP contribution in [-0.4, -0.2) is 24.7 Å². The second kappa shape index (κ2) is 7.58. The highest BCUT2D eigenvalue weighted by Gasteiger charge is 2.32. The fraction of sp³-hybridized carbons (Fsp3) is 0.200. The molecule has 1 heterocycles. The Hall–Kier alpha value is -2.86. The molecule has 0 spiro atoms. The molecule has 1 fully saturated rings. The van der Waals surface area contributed by atoms with Gasteiger partial charge in [-0.15, -0.1) is 0 Å². The summed E-state index contributed by atoms with van der Waals surface area (Å²) in [6.07, 6.45) is 1.76. The topological polar surface area (TPSA) is 50.8 Å². The minimum absolute atomic E-state index is 0.183. The van der Waals surface area contributed by atoms with Gasteiger partial charge in [-0.05, 0) is 61.5 Å². The third kappa shape index (κ3) is 3.41. The number of carbonyl (C=O) groups excluding carboxylic acids is 1. The summed E-state index contributed by atoms with van der Waals surface area (Å²) in [5.74, 6) is 1.10. The van der Waals surface area contributed by atoms with Crippen LogP contribution in [0.15, 0.2) is 48.2 Å². The van der Waals surface area contributed by atoms with E-state index in [9.17, 15) is 4.79 Å². The number of hydrogen-bond donors (Lipinski definition) is 1. The normalized spacial score (nSPS) is 15.3. The number of rotatable bonds is 5. The van der Waals surface area contributed by atoms with Crippen molar-refractivity contribution in [3.63, 3.8) is 0 Å². The monoisotopic (exact) mass is 368 g/mol. The summed E-state index contributed by atoms with van der Waals surface area (Å²) in [7, 11) is 1.59. The maximum absolute atomic E-state index is 12.8. The van der Waals surface area contributed by atoms with Crippen LogP contribution < -0.4 is 19.7 Å². The summed E-state index contributed by atoms with van der Waals surface area (Å²) < 4.78 is 10.9. The van der Waals surface area contributed by atoms with Gasteiger partial charge in [0.05, 0.1) is 19.4 Å². The molecule has 0 bridgehead atoms. The van der Waals surface area contributed by atoms with Gasteiger partial charge in [-0.25, -0.2) is 0 Å². The zero-order chi connectivity index (χ0) is 18.7. The largest absolute Gasteiger partial charge is 0.493 e. The molecule has 0 radical (unpaired) electrons. The number of benzene rings is 2. The van der Waals surface area contributed by atoms with E-state index in [4.69, 9.17) is 21.7 Å². The first-order chi connectivity index (χ1) is 12.5. The van der Waals surface area contributed by atoms with Crippen LogP contribution in [0, 0.1) is 6.92 Å². The second-order valence-corrected chi connectivity index (χ2v) is 6.15. The van der Waals surface area contributed by atoms with Crippen LogP contribution in [0.25, 0.3) is 6.08 Å². The standard InChI is InChI=1S/C20H20N2O3S/c1-4-25-17-10-9-14(12-18(17)24-3)11-15-19(23)22(20(26)21-15)16-8-6-5-7-13(16)2/h5-12H,4H2,1-3H3,(H,21,26). The summed E-state index contributed by atoms with van der Waals surface area (Å²) >= 11 is 5.36. The van der Waals surface area contributed by atoms with Gasteiger partial charge < -0.3 is 14.8 Å². The molecule has 26 heavy (non-hydrogen) atoms. The molecule has 1 amide bonds. The first-order valence-electron chi connectivity index (χ1n) is 8.28. The third-order valence-corrected chi connectivity index (χ3v) is 4.32. The molecular formula is C20H20N2O3S. The van der Waals surface area contributed by atoms with Crippen molar-refractivity contribution in [1.82, 2.24) is 5.32 Å². The van der Waals surface area contributed by atoms with Crippen LogP contribution >= 0.6 is 12.2 Å². The number of methoxy groups -OCH3 is 1. The molecule has 3 rings (SSSR count). The molecule has 1 N–H and O–H groups in total. The van der Waals surface area contributed by atoms with Gasteiger partial charge in [-0.1, -0.05) is 24.3 Å². The predicted molar refractivity (Wildman–Crippen MR) is 107 cm³/mol. The van der Waals surface area contributed by atoms with Crippen molar-refractivity contribution >= 4 is 35.0 Å². The summed E-state index contributed by atoms with van der Waals surface area (Å²) in [6, 6.07) is 13.2. The number of aryl methyl sites for hydroxylation is 1. The van der Waals surface area contributed by atoms with Gasteiger partial charge in [0.25, 0.3) is 5.91 Å². The lowest BCUT2D eigenvalue weighted by Crippen LogP contribution is -2.30. The first kappa shape index (κ1) is 17.9. The molecular weight excluding hydrogens is 348 g/mol. The van der Waals surface area contributed by atoms with Gasteiger partial charge in [0.15, 0.2) is 16.6 Å². The second-order valence-electron chi connectivity index (χ2n) is 5.76. The Morgan fingerprint density at radius 3 is 2.65 bits per heavy atom. The molecule has 5 nitrogen and oxygen atoms in total. The van der Waals surface area contributed by atoms with Crippen molar-refractivity contribution in [3.8, 4) is 11.5 Å². The van der Waals surface area contributed by atoms with E-state index in [1.165, 1.54) is 4.90 Å². The summed E-state index contributed by atoms with van der Waals surface area (Å²) in [4.78, 5) is 14.4. The molecule has 0 unspecified atom stereocenters. The highest BCUT2D eigenvalue weighted by Crippen LogP contribution is 2.30. The molecule has 1 aliphatic rings. The fourth-order valence-electron chi connectivity index (χ4n) is 2.78. The summed E-state index contributed by atoms with van der Waals surface area (Å²) in [6.45, 7) is 4.41. The van der Waals surface area contributed by atoms with Crippen LogP contribution in [0.4, 0.5) is 5.69 Å². The minimum atomic E-state index is -0.183. The average Bonchev–Trinajstić information content (AvgIpc) is 2.90. The average molecular weight is 368 g/mol. The molecule has 2 aromatic rings. The molecule has 1 saturated heterocycles. The number of nitrogens with zero attached hydrogens (tertiary/aromatic N) is 1. The Labute approximate surface area is 158 Å². The first-order valence-corrected chi connectivity index (χ1v) is 8.69. The number of amides is 1. The molecule has 0 aliphatic carbocycles. The SMILES string of the molecule is CCOc1ccc(C=C2NC(=S)N(c3ccccc3C)C2=O)cc1OC. The molecule has 0 aromatic heterocycles. The van der Waals surface area contributed by atoms with E-state index < -0.39 is 0 Å². The Morgan fingerprint density at radius 2 is 1.96 bits per heavy atom. The van der Waals surface area contributed by atoms with Crippen molar-refractivity contribution in [2.45, 2.75) is 13.8 Å². The quantitative estimate of drug-likeness (QED) is 0.645. The number of ether oxygens (including phenoxy) is 2. The Kier molecular flexibility index (Phi) is 5.23. The molecule has 2 aromatic carbocycles. The van der Waals surface area contributed by atoms with Crippen molar-refractivity contribution in [3.05, 3.63) is 59.3 Å². The lowest BCUT2D eigenvalue weighted by Gasteiger charge is -2.16. The van der Waals surface area contributed by atoms with E-state index in [1.54, 1.807) is 13.2 Å². The Bertz CT molecular complexity index is 892. The van der Waals surface area contributed by atoms with E-state index >= 15 is 0 Å². The van der Waals surface area contributed by atoms with Crippen molar-refractivity contribution < 1.29 is 14.3 Å². The van der Waals surface area contributed by atoms with Crippen molar-refractivity contribution in [1.29, 1.82) is 0 Å². The number of carbonyl (C=O) groups is 1. The lowest BCUT2D eigenvalue weighted by atomic mass is 10.1. The van der Waals surface area contributed by atoms with E-state index in [1.807, 2.05) is 56.3 Å². The van der Waals surface area contributed by atoms with Crippen LogP contribution in [0.3, 0.4) is 0 Å². The number of nitrogens with one attached hydrogen (secondary N) is 1. The van der Waals surface area contributed by atoms with Gasteiger partial charge in [0.1, 0.15) is 5.70 Å². The van der Waals surface area contributed by atoms with Crippen LogP contribution in [0.2, 0.25) is 0 Å². The Balaban J connectivity index is 1.92.